The maximum absolute atomic E-state index is 9.75. The lowest BCUT2D eigenvalue weighted by atomic mass is 10.1. The van der Waals surface area contributed by atoms with Crippen molar-refractivity contribution in [2.75, 3.05) is 0 Å². The third-order valence-corrected chi connectivity index (χ3v) is 1.57. The highest BCUT2D eigenvalue weighted by Gasteiger charge is 2.20. The number of nitrogens with zero attached hydrogens (tertiary/aromatic N) is 1. The molecule has 0 saturated carbocycles. The zero-order chi connectivity index (χ0) is 11.9. The van der Waals surface area contributed by atoms with Crippen LogP contribution in [0.15, 0.2) is 18.7 Å². The van der Waals surface area contributed by atoms with E-state index in [0.717, 1.165) is 12.5 Å². The van der Waals surface area contributed by atoms with Gasteiger partial charge in [0.1, 0.15) is 12.4 Å². The van der Waals surface area contributed by atoms with Crippen LogP contribution in [-0.2, 0) is 6.54 Å². The molecule has 1 rings (SSSR count). The number of imidazole rings is 1. The summed E-state index contributed by atoms with van der Waals surface area (Å²) in [6.07, 6.45) is 7.24. The maximum Gasteiger partial charge on any atom is 0.673 e. The molecule has 7 heteroatoms. The second kappa shape index (κ2) is 6.47. The van der Waals surface area contributed by atoms with Crippen LogP contribution in [-0.4, -0.2) is 12.2 Å². The Labute approximate surface area is 86.4 Å². The van der Waals surface area contributed by atoms with Crippen molar-refractivity contribution in [3.05, 3.63) is 18.7 Å². The highest BCUT2D eigenvalue weighted by atomic mass is 19.5. The second-order valence-electron chi connectivity index (χ2n) is 3.53. The van der Waals surface area contributed by atoms with Crippen molar-refractivity contribution in [1.82, 2.24) is 4.98 Å². The molecular formula is C8H15BF4N2. The minimum atomic E-state index is -6.00. The molecule has 88 valence electrons. The largest absolute Gasteiger partial charge is 0.673 e. The molecule has 0 amide bonds. The van der Waals surface area contributed by atoms with Crippen LogP contribution in [0.5, 0.6) is 0 Å². The van der Waals surface area contributed by atoms with Crippen LogP contribution < -0.4 is 4.57 Å². The van der Waals surface area contributed by atoms with Gasteiger partial charge in [-0.2, -0.15) is 0 Å². The number of rotatable bonds is 3. The van der Waals surface area contributed by atoms with Crippen LogP contribution in [0.25, 0.3) is 0 Å². The van der Waals surface area contributed by atoms with E-state index < -0.39 is 7.25 Å². The lowest BCUT2D eigenvalue weighted by molar-refractivity contribution is -0.696. The Kier molecular flexibility index (Phi) is 6.04. The van der Waals surface area contributed by atoms with Crippen LogP contribution in [0.1, 0.15) is 20.3 Å². The van der Waals surface area contributed by atoms with Gasteiger partial charge in [-0.25, -0.2) is 4.57 Å². The van der Waals surface area contributed by atoms with Crippen LogP contribution in [0.4, 0.5) is 17.3 Å². The maximum atomic E-state index is 9.75. The van der Waals surface area contributed by atoms with Crippen molar-refractivity contribution in [2.45, 2.75) is 26.8 Å². The van der Waals surface area contributed by atoms with Gasteiger partial charge in [0.15, 0.2) is 0 Å². The molecule has 0 radical (unpaired) electrons. The predicted molar refractivity (Wildman–Crippen MR) is 50.6 cm³/mol. The fourth-order valence-corrected chi connectivity index (χ4v) is 0.867. The number of H-pyrrole nitrogens is 1. The summed E-state index contributed by atoms with van der Waals surface area (Å²) >= 11 is 0. The second-order valence-corrected chi connectivity index (χ2v) is 3.53. The van der Waals surface area contributed by atoms with E-state index in [9.17, 15) is 17.3 Å². The van der Waals surface area contributed by atoms with Crippen molar-refractivity contribution in [2.24, 2.45) is 5.92 Å². The van der Waals surface area contributed by atoms with Gasteiger partial charge in [-0.05, 0) is 12.3 Å². The van der Waals surface area contributed by atoms with Gasteiger partial charge in [-0.1, -0.05) is 13.8 Å². The fraction of sp³-hybridized carbons (Fsp3) is 0.625. The Morgan fingerprint density at radius 3 is 2.13 bits per heavy atom. The molecule has 0 spiro atoms. The SMILES string of the molecule is CC(C)CC[n+]1cc[nH]c1.F[B-](F)(F)F. The summed E-state index contributed by atoms with van der Waals surface area (Å²) in [7, 11) is -6.00. The van der Waals surface area contributed by atoms with E-state index in [4.69, 9.17) is 0 Å². The van der Waals surface area contributed by atoms with E-state index >= 15 is 0 Å². The summed E-state index contributed by atoms with van der Waals surface area (Å²) in [5.41, 5.74) is 0. The van der Waals surface area contributed by atoms with Crippen molar-refractivity contribution < 1.29 is 21.8 Å². The van der Waals surface area contributed by atoms with Crippen molar-refractivity contribution >= 4 is 7.25 Å². The van der Waals surface area contributed by atoms with Gasteiger partial charge in [0, 0.05) is 0 Å². The molecule has 0 fully saturated rings. The van der Waals surface area contributed by atoms with E-state index in [1.807, 2.05) is 12.5 Å². The molecule has 15 heavy (non-hydrogen) atoms. The van der Waals surface area contributed by atoms with Crippen molar-refractivity contribution in [3.63, 3.8) is 0 Å². The summed E-state index contributed by atoms with van der Waals surface area (Å²) in [4.78, 5) is 3.02. The molecular weight excluding hydrogens is 211 g/mol. The zero-order valence-corrected chi connectivity index (χ0v) is 8.76. The molecule has 1 aromatic heterocycles. The van der Waals surface area contributed by atoms with Gasteiger partial charge in [-0.3, -0.25) is 4.98 Å². The first-order valence-corrected chi connectivity index (χ1v) is 4.68. The minimum absolute atomic E-state index is 0.794. The molecule has 0 saturated heterocycles. The lowest BCUT2D eigenvalue weighted by Crippen LogP contribution is -2.30. The molecule has 0 aliphatic rings. The van der Waals surface area contributed by atoms with Gasteiger partial charge in [-0.15, -0.1) is 0 Å². The number of hydrogen-bond donors (Lipinski definition) is 1. The van der Waals surface area contributed by atoms with Gasteiger partial charge in [0.2, 0.25) is 6.33 Å². The number of aromatic nitrogens is 2. The molecule has 1 aromatic rings. The molecule has 0 bridgehead atoms. The van der Waals surface area contributed by atoms with Gasteiger partial charge in [0.05, 0.1) is 6.54 Å². The third kappa shape index (κ3) is 13.0. The summed E-state index contributed by atoms with van der Waals surface area (Å²) in [6, 6.07) is 0. The minimum Gasteiger partial charge on any atom is -0.418 e. The summed E-state index contributed by atoms with van der Waals surface area (Å²) in [5, 5.41) is 0. The Morgan fingerprint density at radius 2 is 1.80 bits per heavy atom. The summed E-state index contributed by atoms with van der Waals surface area (Å²) in [6.45, 7) is 5.61. The lowest BCUT2D eigenvalue weighted by Gasteiger charge is -1.99. The topological polar surface area (TPSA) is 19.7 Å². The number of aryl methyl sites for hydroxylation is 1. The number of halogens is 4. The Morgan fingerprint density at radius 1 is 1.27 bits per heavy atom. The first-order valence-electron chi connectivity index (χ1n) is 4.68. The van der Waals surface area contributed by atoms with Crippen LogP contribution in [0.2, 0.25) is 0 Å². The van der Waals surface area contributed by atoms with Crippen LogP contribution in [0, 0.1) is 5.92 Å². The average molecular weight is 226 g/mol. The third-order valence-electron chi connectivity index (χ3n) is 1.57. The first kappa shape index (κ1) is 14.0. The average Bonchev–Trinajstić information content (AvgIpc) is 2.48. The van der Waals surface area contributed by atoms with E-state index in [1.165, 1.54) is 6.42 Å². The monoisotopic (exact) mass is 226 g/mol. The first-order chi connectivity index (χ1) is 6.79. The van der Waals surface area contributed by atoms with Crippen LogP contribution in [0.3, 0.4) is 0 Å². The predicted octanol–water partition coefficient (Wildman–Crippen LogP) is 2.65. The fourth-order valence-electron chi connectivity index (χ4n) is 0.867. The van der Waals surface area contributed by atoms with Gasteiger partial charge < -0.3 is 17.3 Å². The molecule has 0 atom stereocenters. The Bertz CT molecular complexity index is 240. The quantitative estimate of drug-likeness (QED) is 0.464. The normalized spacial score (nSPS) is 11.1. The molecule has 2 nitrogen and oxygen atoms in total. The van der Waals surface area contributed by atoms with E-state index in [-0.39, 0.29) is 0 Å². The standard InChI is InChI=1S/C8H14N2.BF4/c1-8(2)3-5-10-6-4-9-7-10;2-1(3,4)5/h4,6-8H,3,5H2,1-2H3;/q;-1/p+1. The molecule has 0 aromatic carbocycles. The summed E-state index contributed by atoms with van der Waals surface area (Å²) in [5.74, 6) is 0.794. The molecule has 0 aliphatic heterocycles. The molecule has 0 aliphatic carbocycles. The Balaban J connectivity index is 0.000000336. The van der Waals surface area contributed by atoms with E-state index in [0.29, 0.717) is 0 Å². The van der Waals surface area contributed by atoms with Crippen molar-refractivity contribution in [1.29, 1.82) is 0 Å². The van der Waals surface area contributed by atoms with E-state index in [2.05, 4.69) is 29.6 Å². The number of aromatic amines is 1. The number of hydrogen-bond acceptors (Lipinski definition) is 0. The van der Waals surface area contributed by atoms with E-state index in [1.54, 1.807) is 0 Å². The Hall–Kier alpha value is -1.01. The molecule has 1 N–H and O–H groups in total. The van der Waals surface area contributed by atoms with Gasteiger partial charge in [0.25, 0.3) is 0 Å². The zero-order valence-electron chi connectivity index (χ0n) is 8.76. The molecule has 0 unspecified atom stereocenters. The van der Waals surface area contributed by atoms with Crippen LogP contribution >= 0.6 is 0 Å². The number of nitrogens with one attached hydrogen (secondary N) is 1. The van der Waals surface area contributed by atoms with Gasteiger partial charge >= 0.3 is 7.25 Å². The van der Waals surface area contributed by atoms with Crippen molar-refractivity contribution in [3.8, 4) is 0 Å². The highest BCUT2D eigenvalue weighted by molar-refractivity contribution is 6.50. The molecule has 1 heterocycles. The summed E-state index contributed by atoms with van der Waals surface area (Å²) < 4.78 is 41.2. The smallest absolute Gasteiger partial charge is 0.418 e. The highest BCUT2D eigenvalue weighted by Crippen LogP contribution is 2.06.